The molecule has 1 aliphatic heterocycles. The Bertz CT molecular complexity index is 1290. The third-order valence-electron chi connectivity index (χ3n) is 5.74. The lowest BCUT2D eigenvalue weighted by Gasteiger charge is -2.30. The summed E-state index contributed by atoms with van der Waals surface area (Å²) in [6, 6.07) is 15.2. The van der Waals surface area contributed by atoms with Crippen LogP contribution in [0, 0.1) is 5.82 Å². The number of likely N-dealkylation sites (tertiary alicyclic amines) is 1. The van der Waals surface area contributed by atoms with Crippen LogP contribution in [0.3, 0.4) is 0 Å². The maximum Gasteiger partial charge on any atom is 0.292 e. The average Bonchev–Trinajstić information content (AvgIpc) is 3.49. The van der Waals surface area contributed by atoms with E-state index < -0.39 is 0 Å². The lowest BCUT2D eigenvalue weighted by molar-refractivity contribution is 0.0656. The molecule has 4 aromatic rings. The Labute approximate surface area is 195 Å². The topological polar surface area (TPSA) is 72.4 Å². The minimum absolute atomic E-state index is 0.00132. The molecule has 3 heterocycles. The highest BCUT2D eigenvalue weighted by Crippen LogP contribution is 2.29. The van der Waals surface area contributed by atoms with E-state index in [0.717, 1.165) is 24.2 Å². The Morgan fingerprint density at radius 1 is 1.18 bits per heavy atom. The van der Waals surface area contributed by atoms with Crippen molar-refractivity contribution in [3.05, 3.63) is 94.6 Å². The van der Waals surface area contributed by atoms with Gasteiger partial charge in [-0.05, 0) is 42.7 Å². The number of aromatic nitrogens is 2. The van der Waals surface area contributed by atoms with Crippen molar-refractivity contribution in [2.45, 2.75) is 25.2 Å². The summed E-state index contributed by atoms with van der Waals surface area (Å²) in [6.07, 6.45) is 4.04. The lowest BCUT2D eigenvalue weighted by Crippen LogP contribution is -2.39. The van der Waals surface area contributed by atoms with Crippen molar-refractivity contribution < 1.29 is 18.1 Å². The molecule has 0 bridgehead atoms. The first-order valence-corrected chi connectivity index (χ1v) is 11.1. The Morgan fingerprint density at radius 3 is 2.91 bits per heavy atom. The Kier molecular flexibility index (Phi) is 5.96. The van der Waals surface area contributed by atoms with Crippen molar-refractivity contribution >= 4 is 17.5 Å². The summed E-state index contributed by atoms with van der Waals surface area (Å²) in [4.78, 5) is 19.2. The zero-order chi connectivity index (χ0) is 22.8. The minimum Gasteiger partial charge on any atom is -0.445 e. The molecule has 2 aromatic carbocycles. The van der Waals surface area contributed by atoms with Crippen LogP contribution in [0.1, 0.15) is 46.5 Å². The van der Waals surface area contributed by atoms with Gasteiger partial charge in [0.2, 0.25) is 5.76 Å². The lowest BCUT2D eigenvalue weighted by atomic mass is 9.98. The first-order valence-electron chi connectivity index (χ1n) is 10.8. The largest absolute Gasteiger partial charge is 0.445 e. The van der Waals surface area contributed by atoms with Gasteiger partial charge in [-0.1, -0.05) is 41.0 Å². The molecule has 0 N–H and O–H groups in total. The van der Waals surface area contributed by atoms with Crippen LogP contribution < -0.4 is 0 Å². The number of carbonyl (C=O) groups excluding carboxylic acids is 1. The van der Waals surface area contributed by atoms with Gasteiger partial charge < -0.3 is 13.8 Å². The minimum atomic E-state index is -0.372. The zero-order valence-electron chi connectivity index (χ0n) is 17.7. The van der Waals surface area contributed by atoms with Gasteiger partial charge in [0.05, 0.1) is 12.1 Å². The van der Waals surface area contributed by atoms with Gasteiger partial charge in [-0.25, -0.2) is 9.37 Å². The molecular formula is C25H21ClFN3O3. The molecule has 0 saturated carbocycles. The van der Waals surface area contributed by atoms with Gasteiger partial charge in [-0.2, -0.15) is 0 Å². The number of halogens is 2. The Hall–Kier alpha value is -3.45. The van der Waals surface area contributed by atoms with Gasteiger partial charge in [-0.15, -0.1) is 0 Å². The number of carbonyl (C=O) groups is 1. The average molecular weight is 466 g/mol. The fourth-order valence-corrected chi connectivity index (χ4v) is 4.33. The first-order chi connectivity index (χ1) is 16.0. The molecule has 168 valence electrons. The summed E-state index contributed by atoms with van der Waals surface area (Å²) in [5.74, 6) is 0.891. The fourth-order valence-electron chi connectivity index (χ4n) is 4.12. The molecule has 6 nitrogen and oxygen atoms in total. The molecule has 1 aliphatic rings. The normalized spacial score (nSPS) is 16.2. The maximum absolute atomic E-state index is 13.5. The van der Waals surface area contributed by atoms with Crippen LogP contribution in [0.5, 0.6) is 0 Å². The van der Waals surface area contributed by atoms with Crippen LogP contribution in [0.25, 0.3) is 11.3 Å². The summed E-state index contributed by atoms with van der Waals surface area (Å²) >= 11 is 6.06. The van der Waals surface area contributed by atoms with E-state index in [9.17, 15) is 9.18 Å². The van der Waals surface area contributed by atoms with E-state index in [1.807, 2.05) is 24.3 Å². The molecule has 1 saturated heterocycles. The highest BCUT2D eigenvalue weighted by molar-refractivity contribution is 6.30. The quantitative estimate of drug-likeness (QED) is 0.376. The molecule has 5 rings (SSSR count). The number of hydrogen-bond acceptors (Lipinski definition) is 5. The van der Waals surface area contributed by atoms with Crippen molar-refractivity contribution in [2.75, 3.05) is 13.1 Å². The molecule has 1 fully saturated rings. The predicted molar refractivity (Wildman–Crippen MR) is 121 cm³/mol. The smallest absolute Gasteiger partial charge is 0.292 e. The summed E-state index contributed by atoms with van der Waals surface area (Å²) < 4.78 is 24.8. The predicted octanol–water partition coefficient (Wildman–Crippen LogP) is 5.73. The Morgan fingerprint density at radius 2 is 2.06 bits per heavy atom. The molecule has 2 aromatic heterocycles. The Balaban J connectivity index is 1.26. The SMILES string of the molecule is O=C(c1cc(-c2cccc(F)c2)no1)N1CCC[C@H](c2ncc(Cc3cccc(Cl)c3)o2)C1. The van der Waals surface area contributed by atoms with Crippen molar-refractivity contribution in [1.29, 1.82) is 0 Å². The number of hydrogen-bond donors (Lipinski definition) is 0. The monoisotopic (exact) mass is 465 g/mol. The maximum atomic E-state index is 13.5. The van der Waals surface area contributed by atoms with Crippen LogP contribution in [0.15, 0.2) is 69.7 Å². The van der Waals surface area contributed by atoms with Crippen molar-refractivity contribution in [1.82, 2.24) is 15.0 Å². The van der Waals surface area contributed by atoms with E-state index in [1.54, 1.807) is 29.3 Å². The van der Waals surface area contributed by atoms with Gasteiger partial charge in [-0.3, -0.25) is 4.79 Å². The number of benzene rings is 2. The van der Waals surface area contributed by atoms with Gasteiger partial charge in [0.15, 0.2) is 5.89 Å². The van der Waals surface area contributed by atoms with E-state index in [2.05, 4.69) is 10.1 Å². The van der Waals surface area contributed by atoms with E-state index in [1.165, 1.54) is 12.1 Å². The third-order valence-corrected chi connectivity index (χ3v) is 5.97. The van der Waals surface area contributed by atoms with Crippen LogP contribution >= 0.6 is 11.6 Å². The molecule has 0 aliphatic carbocycles. The molecular weight excluding hydrogens is 445 g/mol. The van der Waals surface area contributed by atoms with Crippen LogP contribution in [0.4, 0.5) is 4.39 Å². The second-order valence-corrected chi connectivity index (χ2v) is 8.59. The second kappa shape index (κ2) is 9.19. The van der Waals surface area contributed by atoms with Crippen LogP contribution in [0.2, 0.25) is 5.02 Å². The molecule has 8 heteroatoms. The number of amides is 1. The van der Waals surface area contributed by atoms with Crippen molar-refractivity contribution in [3.8, 4) is 11.3 Å². The van der Waals surface area contributed by atoms with Crippen LogP contribution in [-0.2, 0) is 6.42 Å². The molecule has 0 radical (unpaired) electrons. The van der Waals surface area contributed by atoms with E-state index in [-0.39, 0.29) is 23.4 Å². The van der Waals surface area contributed by atoms with E-state index in [4.69, 9.17) is 20.5 Å². The summed E-state index contributed by atoms with van der Waals surface area (Å²) in [6.45, 7) is 1.09. The standard InChI is InChI=1S/C25H21ClFN3O3/c26-19-7-1-4-16(10-19)11-21-14-28-24(32-21)18-6-3-9-30(15-18)25(31)23-13-22(29-33-23)17-5-2-8-20(27)12-17/h1-2,4-5,7-8,10,12-14,18H,3,6,9,11,15H2/t18-/m0/s1. The summed E-state index contributed by atoms with van der Waals surface area (Å²) in [7, 11) is 0. The third kappa shape index (κ3) is 4.83. The van der Waals surface area contributed by atoms with Crippen molar-refractivity contribution in [3.63, 3.8) is 0 Å². The second-order valence-electron chi connectivity index (χ2n) is 8.15. The van der Waals surface area contributed by atoms with Gasteiger partial charge >= 0.3 is 0 Å². The van der Waals surface area contributed by atoms with Gasteiger partial charge in [0, 0.05) is 36.2 Å². The highest BCUT2D eigenvalue weighted by atomic mass is 35.5. The number of oxazole rings is 1. The zero-order valence-corrected chi connectivity index (χ0v) is 18.5. The van der Waals surface area contributed by atoms with Crippen molar-refractivity contribution in [2.24, 2.45) is 0 Å². The molecule has 1 atom stereocenters. The van der Waals surface area contributed by atoms with Crippen LogP contribution in [-0.4, -0.2) is 34.0 Å². The number of rotatable bonds is 5. The van der Waals surface area contributed by atoms with Gasteiger partial charge in [0.25, 0.3) is 5.91 Å². The van der Waals surface area contributed by atoms with E-state index >= 15 is 0 Å². The first kappa shape index (κ1) is 21.4. The molecule has 0 unspecified atom stereocenters. The highest BCUT2D eigenvalue weighted by Gasteiger charge is 2.30. The molecule has 33 heavy (non-hydrogen) atoms. The van der Waals surface area contributed by atoms with Gasteiger partial charge in [0.1, 0.15) is 17.3 Å². The number of piperidine rings is 1. The molecule has 1 amide bonds. The summed E-state index contributed by atoms with van der Waals surface area (Å²) in [5.41, 5.74) is 2.02. The van der Waals surface area contributed by atoms with E-state index in [0.29, 0.717) is 41.7 Å². The molecule has 0 spiro atoms. The summed E-state index contributed by atoms with van der Waals surface area (Å²) in [5, 5.41) is 4.62. The fraction of sp³-hybridized carbons (Fsp3) is 0.240. The number of nitrogens with zero attached hydrogens (tertiary/aromatic N) is 3.